The van der Waals surface area contributed by atoms with Crippen LogP contribution in [0.1, 0.15) is 12.8 Å². The molecule has 1 unspecified atom stereocenters. The van der Waals surface area contributed by atoms with Crippen LogP contribution in [0.15, 0.2) is 24.3 Å². The number of likely N-dealkylation sites (tertiary alicyclic amines) is 1. The molecule has 7 nitrogen and oxygen atoms in total. The zero-order valence-corrected chi connectivity index (χ0v) is 14.7. The first kappa shape index (κ1) is 17.4. The number of hydrogen-bond donors (Lipinski definition) is 1. The standard InChI is InChI=1S/C18H25N3O4/c1-20(2)18(23)21-9-7-13(8-10-21)11-19-17(22)16-12-24-14-5-3-4-6-15(14)25-16/h3-6,13,16H,7-12H2,1-2H3,(H,19,22). The molecule has 0 saturated carbocycles. The number of fused-ring (bicyclic) bond motifs is 1. The van der Waals surface area contributed by atoms with Gasteiger partial charge in [0.2, 0.25) is 6.10 Å². The molecule has 2 heterocycles. The summed E-state index contributed by atoms with van der Waals surface area (Å²) in [4.78, 5) is 27.7. The quantitative estimate of drug-likeness (QED) is 0.896. The Morgan fingerprint density at radius 1 is 1.20 bits per heavy atom. The number of para-hydroxylation sites is 2. The van der Waals surface area contributed by atoms with Crippen molar-refractivity contribution >= 4 is 11.9 Å². The minimum absolute atomic E-state index is 0.0499. The number of amides is 3. The number of rotatable bonds is 3. The average molecular weight is 347 g/mol. The first-order chi connectivity index (χ1) is 12.0. The molecule has 1 fully saturated rings. The maximum Gasteiger partial charge on any atom is 0.319 e. The third kappa shape index (κ3) is 4.15. The molecule has 25 heavy (non-hydrogen) atoms. The molecule has 3 amide bonds. The number of benzene rings is 1. The van der Waals surface area contributed by atoms with Crippen molar-refractivity contribution in [3.05, 3.63) is 24.3 Å². The van der Waals surface area contributed by atoms with Gasteiger partial charge in [-0.05, 0) is 30.9 Å². The van der Waals surface area contributed by atoms with E-state index in [1.54, 1.807) is 25.1 Å². The Hall–Kier alpha value is -2.44. The maximum absolute atomic E-state index is 12.3. The van der Waals surface area contributed by atoms with Crippen molar-refractivity contribution in [3.63, 3.8) is 0 Å². The van der Waals surface area contributed by atoms with Crippen LogP contribution in [-0.4, -0.2) is 68.2 Å². The van der Waals surface area contributed by atoms with E-state index in [4.69, 9.17) is 9.47 Å². The number of ether oxygens (including phenoxy) is 2. The molecule has 1 atom stereocenters. The first-order valence-electron chi connectivity index (χ1n) is 8.67. The summed E-state index contributed by atoms with van der Waals surface area (Å²) in [5.74, 6) is 1.50. The molecule has 0 radical (unpaired) electrons. The average Bonchev–Trinajstić information content (AvgIpc) is 2.65. The number of hydrogen-bond acceptors (Lipinski definition) is 4. The van der Waals surface area contributed by atoms with E-state index in [-0.39, 0.29) is 18.5 Å². The van der Waals surface area contributed by atoms with Gasteiger partial charge in [-0.1, -0.05) is 12.1 Å². The van der Waals surface area contributed by atoms with E-state index in [0.29, 0.717) is 24.0 Å². The van der Waals surface area contributed by atoms with Crippen LogP contribution in [0.25, 0.3) is 0 Å². The maximum atomic E-state index is 12.3. The van der Waals surface area contributed by atoms with Crippen molar-refractivity contribution in [1.29, 1.82) is 0 Å². The lowest BCUT2D eigenvalue weighted by Crippen LogP contribution is -2.48. The Bertz CT molecular complexity index is 627. The van der Waals surface area contributed by atoms with Crippen LogP contribution in [0.4, 0.5) is 4.79 Å². The minimum atomic E-state index is -0.620. The Labute approximate surface area is 147 Å². The summed E-state index contributed by atoms with van der Waals surface area (Å²) < 4.78 is 11.3. The van der Waals surface area contributed by atoms with Gasteiger partial charge in [0.25, 0.3) is 5.91 Å². The van der Waals surface area contributed by atoms with Crippen molar-refractivity contribution in [3.8, 4) is 11.5 Å². The number of nitrogens with zero attached hydrogens (tertiary/aromatic N) is 2. The number of carbonyl (C=O) groups excluding carboxylic acids is 2. The van der Waals surface area contributed by atoms with Crippen LogP contribution in [0.3, 0.4) is 0 Å². The Kier molecular flexibility index (Phi) is 5.31. The Balaban J connectivity index is 1.43. The van der Waals surface area contributed by atoms with Gasteiger partial charge < -0.3 is 24.6 Å². The van der Waals surface area contributed by atoms with Crippen molar-refractivity contribution < 1.29 is 19.1 Å². The summed E-state index contributed by atoms with van der Waals surface area (Å²) in [6, 6.07) is 7.40. The second kappa shape index (κ2) is 7.63. The SMILES string of the molecule is CN(C)C(=O)N1CCC(CNC(=O)C2COc3ccccc3O2)CC1. The lowest BCUT2D eigenvalue weighted by molar-refractivity contribution is -0.130. The summed E-state index contributed by atoms with van der Waals surface area (Å²) in [7, 11) is 3.53. The van der Waals surface area contributed by atoms with E-state index in [1.807, 2.05) is 23.1 Å². The number of nitrogens with one attached hydrogen (secondary N) is 1. The van der Waals surface area contributed by atoms with E-state index in [0.717, 1.165) is 25.9 Å². The molecule has 7 heteroatoms. The van der Waals surface area contributed by atoms with Crippen molar-refractivity contribution in [1.82, 2.24) is 15.1 Å². The normalized spacial score (nSPS) is 20.1. The molecule has 1 aromatic carbocycles. The molecular formula is C18H25N3O4. The molecular weight excluding hydrogens is 322 g/mol. The van der Waals surface area contributed by atoms with Crippen molar-refractivity contribution in [2.45, 2.75) is 18.9 Å². The van der Waals surface area contributed by atoms with Gasteiger partial charge in [-0.15, -0.1) is 0 Å². The Morgan fingerprint density at radius 2 is 1.88 bits per heavy atom. The third-order valence-electron chi connectivity index (χ3n) is 4.63. The molecule has 136 valence electrons. The van der Waals surface area contributed by atoms with Crippen LogP contribution < -0.4 is 14.8 Å². The van der Waals surface area contributed by atoms with Crippen LogP contribution >= 0.6 is 0 Å². The summed E-state index contributed by atoms with van der Waals surface area (Å²) >= 11 is 0. The van der Waals surface area contributed by atoms with Gasteiger partial charge in [0.15, 0.2) is 11.5 Å². The molecule has 2 aliphatic rings. The fourth-order valence-corrected chi connectivity index (χ4v) is 3.12. The van der Waals surface area contributed by atoms with Gasteiger partial charge in [0.05, 0.1) is 0 Å². The zero-order valence-electron chi connectivity index (χ0n) is 14.7. The molecule has 0 spiro atoms. The molecule has 3 rings (SSSR count). The fraction of sp³-hybridized carbons (Fsp3) is 0.556. The minimum Gasteiger partial charge on any atom is -0.485 e. The highest BCUT2D eigenvalue weighted by Gasteiger charge is 2.29. The van der Waals surface area contributed by atoms with E-state index in [1.165, 1.54) is 0 Å². The summed E-state index contributed by atoms with van der Waals surface area (Å²) in [5, 5.41) is 2.96. The monoisotopic (exact) mass is 347 g/mol. The van der Waals surface area contributed by atoms with Gasteiger partial charge >= 0.3 is 6.03 Å². The fourth-order valence-electron chi connectivity index (χ4n) is 3.12. The summed E-state index contributed by atoms with van der Waals surface area (Å²) in [5.41, 5.74) is 0. The molecule has 2 aliphatic heterocycles. The number of carbonyl (C=O) groups is 2. The highest BCUT2D eigenvalue weighted by atomic mass is 16.6. The van der Waals surface area contributed by atoms with Gasteiger partial charge in [0.1, 0.15) is 6.61 Å². The van der Waals surface area contributed by atoms with E-state index in [2.05, 4.69) is 5.32 Å². The van der Waals surface area contributed by atoms with Crippen molar-refractivity contribution in [2.24, 2.45) is 5.92 Å². The molecule has 1 aromatic rings. The first-order valence-corrected chi connectivity index (χ1v) is 8.67. The van der Waals surface area contributed by atoms with Crippen LogP contribution in [0.5, 0.6) is 11.5 Å². The van der Waals surface area contributed by atoms with E-state index in [9.17, 15) is 9.59 Å². The molecule has 0 aliphatic carbocycles. The molecule has 0 bridgehead atoms. The summed E-state index contributed by atoms with van der Waals surface area (Å²) in [6.45, 7) is 2.28. The smallest absolute Gasteiger partial charge is 0.319 e. The van der Waals surface area contributed by atoms with Gasteiger partial charge in [0, 0.05) is 33.7 Å². The van der Waals surface area contributed by atoms with E-state index >= 15 is 0 Å². The van der Waals surface area contributed by atoms with Crippen LogP contribution in [-0.2, 0) is 4.79 Å². The van der Waals surface area contributed by atoms with Gasteiger partial charge in [-0.3, -0.25) is 4.79 Å². The number of urea groups is 1. The molecule has 1 saturated heterocycles. The third-order valence-corrected chi connectivity index (χ3v) is 4.63. The van der Waals surface area contributed by atoms with Crippen molar-refractivity contribution in [2.75, 3.05) is 40.3 Å². The topological polar surface area (TPSA) is 71.1 Å². The molecule has 0 aromatic heterocycles. The van der Waals surface area contributed by atoms with E-state index < -0.39 is 6.10 Å². The van der Waals surface area contributed by atoms with Gasteiger partial charge in [-0.25, -0.2) is 4.79 Å². The number of piperidine rings is 1. The zero-order chi connectivity index (χ0) is 17.8. The predicted octanol–water partition coefficient (Wildman–Crippen LogP) is 1.34. The predicted molar refractivity (Wildman–Crippen MR) is 92.7 cm³/mol. The highest BCUT2D eigenvalue weighted by molar-refractivity contribution is 5.81. The second-order valence-electron chi connectivity index (χ2n) is 6.72. The highest BCUT2D eigenvalue weighted by Crippen LogP contribution is 2.30. The lowest BCUT2D eigenvalue weighted by Gasteiger charge is -2.34. The molecule has 1 N–H and O–H groups in total. The van der Waals surface area contributed by atoms with Crippen LogP contribution in [0.2, 0.25) is 0 Å². The lowest BCUT2D eigenvalue weighted by atomic mass is 9.97. The largest absolute Gasteiger partial charge is 0.485 e. The Morgan fingerprint density at radius 3 is 2.56 bits per heavy atom. The van der Waals surface area contributed by atoms with Crippen LogP contribution in [0, 0.1) is 5.92 Å². The summed E-state index contributed by atoms with van der Waals surface area (Å²) in [6.07, 6.45) is 1.17. The second-order valence-corrected chi connectivity index (χ2v) is 6.72. The van der Waals surface area contributed by atoms with Gasteiger partial charge in [-0.2, -0.15) is 0 Å².